The molecule has 2 unspecified atom stereocenters. The van der Waals surface area contributed by atoms with Gasteiger partial charge >= 0.3 is 5.97 Å². The van der Waals surface area contributed by atoms with Crippen molar-refractivity contribution in [3.05, 3.63) is 0 Å². The predicted molar refractivity (Wildman–Crippen MR) is 56.5 cm³/mol. The van der Waals surface area contributed by atoms with Gasteiger partial charge in [-0.1, -0.05) is 0 Å². The van der Waals surface area contributed by atoms with Gasteiger partial charge in [-0.05, 0) is 33.4 Å². The first-order valence-corrected chi connectivity index (χ1v) is 6.78. The molecule has 0 aromatic rings. The molecule has 0 bridgehead atoms. The first kappa shape index (κ1) is 12.4. The van der Waals surface area contributed by atoms with Crippen molar-refractivity contribution in [1.82, 2.24) is 4.90 Å². The maximum atomic E-state index is 11.6. The lowest BCUT2D eigenvalue weighted by Gasteiger charge is -2.36. The number of hydrogen-bond acceptors (Lipinski definition) is 4. The molecule has 0 saturated heterocycles. The normalized spacial score (nSPS) is 32.1. The predicted octanol–water partition coefficient (Wildman–Crippen LogP) is -0.0315. The molecule has 0 aliphatic heterocycles. The Morgan fingerprint density at radius 2 is 2.00 bits per heavy atom. The smallest absolute Gasteiger partial charge is 0.325 e. The fraction of sp³-hybridized carbons (Fsp3) is 0.889. The molecule has 0 spiro atoms. The Labute approximate surface area is 90.0 Å². The summed E-state index contributed by atoms with van der Waals surface area (Å²) in [5, 5.41) is 8.47. The zero-order valence-corrected chi connectivity index (χ0v) is 10.0. The minimum absolute atomic E-state index is 0.396. The first-order valence-electron chi connectivity index (χ1n) is 4.82. The highest BCUT2D eigenvalue weighted by Gasteiger charge is 2.55. The first-order chi connectivity index (χ1) is 6.73. The van der Waals surface area contributed by atoms with Crippen molar-refractivity contribution in [3.8, 4) is 0 Å². The number of carbonyl (C=O) groups is 1. The molecule has 0 amide bonds. The van der Waals surface area contributed by atoms with Gasteiger partial charge in [0.05, 0.1) is 5.25 Å². The molecule has 1 aliphatic rings. The van der Waals surface area contributed by atoms with E-state index in [1.807, 2.05) is 0 Å². The van der Waals surface area contributed by atoms with Crippen LogP contribution in [0.1, 0.15) is 19.3 Å². The van der Waals surface area contributed by atoms with Gasteiger partial charge in [0.25, 0.3) is 0 Å². The molecular formula is C9H17NO4S. The minimum Gasteiger partial charge on any atom is -0.480 e. The maximum absolute atomic E-state index is 11.6. The number of aliphatic carboxylic acids is 1. The summed E-state index contributed by atoms with van der Waals surface area (Å²) in [5.41, 5.74) is -1.24. The van der Waals surface area contributed by atoms with E-state index in [1.54, 1.807) is 14.1 Å². The van der Waals surface area contributed by atoms with Crippen LogP contribution in [0.25, 0.3) is 0 Å². The van der Waals surface area contributed by atoms with Crippen molar-refractivity contribution in [2.45, 2.75) is 30.1 Å². The summed E-state index contributed by atoms with van der Waals surface area (Å²) < 4.78 is 23.1. The lowest BCUT2D eigenvalue weighted by atomic mass is 9.96. The van der Waals surface area contributed by atoms with Gasteiger partial charge in [-0.3, -0.25) is 9.69 Å². The fourth-order valence-corrected chi connectivity index (χ4v) is 4.21. The molecule has 0 aromatic heterocycles. The number of sulfone groups is 1. The summed E-state index contributed by atoms with van der Waals surface area (Å²) in [4.78, 5) is 12.8. The zero-order chi connectivity index (χ0) is 11.9. The lowest BCUT2D eigenvalue weighted by molar-refractivity contribution is -0.149. The van der Waals surface area contributed by atoms with E-state index in [1.165, 1.54) is 4.90 Å². The van der Waals surface area contributed by atoms with E-state index in [2.05, 4.69) is 0 Å². The van der Waals surface area contributed by atoms with Crippen molar-refractivity contribution in [2.75, 3.05) is 20.4 Å². The second kappa shape index (κ2) is 3.75. The number of hydrogen-bond donors (Lipinski definition) is 1. The number of nitrogens with zero attached hydrogens (tertiary/aromatic N) is 1. The Kier molecular flexibility index (Phi) is 3.11. The van der Waals surface area contributed by atoms with Crippen LogP contribution in [0.15, 0.2) is 0 Å². The van der Waals surface area contributed by atoms with Gasteiger partial charge in [0.15, 0.2) is 9.84 Å². The Morgan fingerprint density at radius 3 is 2.27 bits per heavy atom. The van der Waals surface area contributed by atoms with E-state index in [9.17, 15) is 18.3 Å². The van der Waals surface area contributed by atoms with Crippen LogP contribution in [0, 0.1) is 0 Å². The number of rotatable bonds is 3. The van der Waals surface area contributed by atoms with Crippen molar-refractivity contribution in [3.63, 3.8) is 0 Å². The molecule has 1 fully saturated rings. The Hall–Kier alpha value is -0.620. The third-order valence-electron chi connectivity index (χ3n) is 3.24. The average Bonchev–Trinajstić information content (AvgIpc) is 2.46. The Bertz CT molecular complexity index is 362. The molecular weight excluding hydrogens is 218 g/mol. The van der Waals surface area contributed by atoms with Gasteiger partial charge in [-0.2, -0.15) is 0 Å². The largest absolute Gasteiger partial charge is 0.480 e. The van der Waals surface area contributed by atoms with Crippen LogP contribution < -0.4 is 0 Å². The molecule has 2 atom stereocenters. The van der Waals surface area contributed by atoms with Crippen molar-refractivity contribution in [1.29, 1.82) is 0 Å². The molecule has 15 heavy (non-hydrogen) atoms. The van der Waals surface area contributed by atoms with Crippen LogP contribution in [-0.4, -0.2) is 55.5 Å². The Morgan fingerprint density at radius 1 is 1.47 bits per heavy atom. The number of carboxylic acids is 1. The van der Waals surface area contributed by atoms with E-state index < -0.39 is 26.6 Å². The van der Waals surface area contributed by atoms with Gasteiger partial charge in [0.2, 0.25) is 0 Å². The highest BCUT2D eigenvalue weighted by Crippen LogP contribution is 2.38. The van der Waals surface area contributed by atoms with E-state index >= 15 is 0 Å². The summed E-state index contributed by atoms with van der Waals surface area (Å²) in [6.45, 7) is 0. The second-order valence-electron chi connectivity index (χ2n) is 4.33. The molecule has 1 rings (SSSR count). The molecule has 5 nitrogen and oxygen atoms in total. The SMILES string of the molecule is CN(C)C1(C(=O)O)CCCC1S(C)(=O)=O. The monoisotopic (exact) mass is 235 g/mol. The molecule has 88 valence electrons. The van der Waals surface area contributed by atoms with Crippen molar-refractivity contribution in [2.24, 2.45) is 0 Å². The Balaban J connectivity index is 3.24. The topological polar surface area (TPSA) is 74.7 Å². The standard InChI is InChI=1S/C9H17NO4S/c1-10(2)9(8(11)12)6-4-5-7(9)15(3,13)14/h7H,4-6H2,1-3H3,(H,11,12). The van der Waals surface area contributed by atoms with Crippen LogP contribution in [0.3, 0.4) is 0 Å². The van der Waals surface area contributed by atoms with E-state index in [-0.39, 0.29) is 0 Å². The third-order valence-corrected chi connectivity index (χ3v) is 4.90. The van der Waals surface area contributed by atoms with E-state index in [4.69, 9.17) is 0 Å². The second-order valence-corrected chi connectivity index (χ2v) is 6.56. The molecule has 1 N–H and O–H groups in total. The summed E-state index contributed by atoms with van der Waals surface area (Å²) in [6, 6.07) is 0. The molecule has 6 heteroatoms. The van der Waals surface area contributed by atoms with Gasteiger partial charge in [-0.15, -0.1) is 0 Å². The molecule has 0 radical (unpaired) electrons. The highest BCUT2D eigenvalue weighted by atomic mass is 32.2. The molecule has 0 aromatic carbocycles. The van der Waals surface area contributed by atoms with Crippen LogP contribution in [0.2, 0.25) is 0 Å². The van der Waals surface area contributed by atoms with E-state index in [0.29, 0.717) is 19.3 Å². The van der Waals surface area contributed by atoms with Gasteiger partial charge < -0.3 is 5.11 Å². The van der Waals surface area contributed by atoms with E-state index in [0.717, 1.165) is 6.26 Å². The summed E-state index contributed by atoms with van der Waals surface area (Å²) in [6.07, 6.45) is 2.59. The van der Waals surface area contributed by atoms with Crippen LogP contribution in [0.4, 0.5) is 0 Å². The van der Waals surface area contributed by atoms with Gasteiger partial charge in [-0.25, -0.2) is 8.42 Å². The quantitative estimate of drug-likeness (QED) is 0.743. The van der Waals surface area contributed by atoms with Gasteiger partial charge in [0, 0.05) is 6.26 Å². The number of carboxylic acid groups (broad SMARTS) is 1. The van der Waals surface area contributed by atoms with Crippen LogP contribution in [-0.2, 0) is 14.6 Å². The summed E-state index contributed by atoms with van der Waals surface area (Å²) in [5.74, 6) is -1.04. The highest BCUT2D eigenvalue weighted by molar-refractivity contribution is 7.91. The summed E-state index contributed by atoms with van der Waals surface area (Å²) in [7, 11) is -0.0774. The number of likely N-dealkylation sites (N-methyl/N-ethyl adjacent to an activating group) is 1. The zero-order valence-electron chi connectivity index (χ0n) is 9.23. The van der Waals surface area contributed by atoms with Crippen molar-refractivity contribution >= 4 is 15.8 Å². The summed E-state index contributed by atoms with van der Waals surface area (Å²) >= 11 is 0. The van der Waals surface area contributed by atoms with Crippen LogP contribution >= 0.6 is 0 Å². The molecule has 0 heterocycles. The van der Waals surface area contributed by atoms with Crippen LogP contribution in [0.5, 0.6) is 0 Å². The average molecular weight is 235 g/mol. The third kappa shape index (κ3) is 1.88. The fourth-order valence-electron chi connectivity index (χ4n) is 2.47. The minimum atomic E-state index is -3.32. The molecule has 1 aliphatic carbocycles. The van der Waals surface area contributed by atoms with Gasteiger partial charge in [0.1, 0.15) is 5.54 Å². The van der Waals surface area contributed by atoms with Crippen molar-refractivity contribution < 1.29 is 18.3 Å². The molecule has 1 saturated carbocycles. The maximum Gasteiger partial charge on any atom is 0.325 e. The lowest BCUT2D eigenvalue weighted by Crippen LogP contribution is -2.58.